The van der Waals surface area contributed by atoms with Gasteiger partial charge in [0.05, 0.1) is 5.69 Å². The van der Waals surface area contributed by atoms with Crippen LogP contribution in [-0.2, 0) is 4.79 Å². The van der Waals surface area contributed by atoms with Gasteiger partial charge in [0.25, 0.3) is 5.91 Å². The van der Waals surface area contributed by atoms with E-state index in [4.69, 9.17) is 9.72 Å². The van der Waals surface area contributed by atoms with Crippen molar-refractivity contribution in [1.82, 2.24) is 9.88 Å². The normalized spacial score (nSPS) is 10.5. The number of ether oxygens (including phenoxy) is 1. The Hall–Kier alpha value is -2.41. The number of nitrogens with zero attached hydrogens (tertiary/aromatic N) is 3. The summed E-state index contributed by atoms with van der Waals surface area (Å²) < 4.78 is 5.68. The molecule has 0 fully saturated rings. The fraction of sp³-hybridized carbons (Fsp3) is 0.304. The standard InChI is InChI=1S/C23H27N3O2S.ClH/c1-18-10-12-19(13-11-18)21-17-29-23(24-21)26(15-7-14-25(2)3)22(27)16-28-20-8-5-4-6-9-20;/h4-6,8-13,17H,7,14-16H2,1-3H3;1H. The molecular formula is C23H28ClN3O2S. The lowest BCUT2D eigenvalue weighted by Gasteiger charge is -2.21. The largest absolute Gasteiger partial charge is 0.484 e. The molecule has 0 saturated heterocycles. The van der Waals surface area contributed by atoms with Gasteiger partial charge in [-0.3, -0.25) is 9.69 Å². The molecule has 1 heterocycles. The predicted octanol–water partition coefficient (Wildman–Crippen LogP) is 4.90. The highest BCUT2D eigenvalue weighted by molar-refractivity contribution is 7.14. The number of carbonyl (C=O) groups is 1. The number of aromatic nitrogens is 1. The van der Waals surface area contributed by atoms with Crippen LogP contribution in [0.25, 0.3) is 11.3 Å². The van der Waals surface area contributed by atoms with E-state index in [2.05, 4.69) is 36.1 Å². The van der Waals surface area contributed by atoms with E-state index in [-0.39, 0.29) is 24.9 Å². The number of hydrogen-bond donors (Lipinski definition) is 0. The summed E-state index contributed by atoms with van der Waals surface area (Å²) in [5.74, 6) is 0.603. The summed E-state index contributed by atoms with van der Waals surface area (Å²) in [5.41, 5.74) is 3.15. The quantitative estimate of drug-likeness (QED) is 0.469. The Labute approximate surface area is 188 Å². The van der Waals surface area contributed by atoms with E-state index in [9.17, 15) is 4.79 Å². The van der Waals surface area contributed by atoms with Gasteiger partial charge in [-0.1, -0.05) is 48.0 Å². The molecule has 1 amide bonds. The lowest BCUT2D eigenvalue weighted by atomic mass is 10.1. The maximum Gasteiger partial charge on any atom is 0.266 e. The van der Waals surface area contributed by atoms with Crippen LogP contribution in [0.15, 0.2) is 60.0 Å². The van der Waals surface area contributed by atoms with E-state index in [1.54, 1.807) is 4.90 Å². The number of anilines is 1. The minimum atomic E-state index is -0.0857. The molecule has 0 N–H and O–H groups in total. The molecule has 2 aromatic carbocycles. The summed E-state index contributed by atoms with van der Waals surface area (Å²) in [6.45, 7) is 3.56. The number of thiazole rings is 1. The van der Waals surface area contributed by atoms with Crippen LogP contribution in [0, 0.1) is 6.92 Å². The Morgan fingerprint density at radius 1 is 1.03 bits per heavy atom. The van der Waals surface area contributed by atoms with Gasteiger partial charge in [0, 0.05) is 17.5 Å². The van der Waals surface area contributed by atoms with E-state index >= 15 is 0 Å². The lowest BCUT2D eigenvalue weighted by Crippen LogP contribution is -2.36. The number of amides is 1. The number of carbonyl (C=O) groups excluding carboxylic acids is 1. The third kappa shape index (κ3) is 6.83. The minimum Gasteiger partial charge on any atom is -0.484 e. The fourth-order valence-corrected chi connectivity index (χ4v) is 3.73. The Morgan fingerprint density at radius 2 is 1.73 bits per heavy atom. The van der Waals surface area contributed by atoms with Crippen LogP contribution >= 0.6 is 23.7 Å². The van der Waals surface area contributed by atoms with Crippen LogP contribution in [-0.4, -0.2) is 49.6 Å². The van der Waals surface area contributed by atoms with E-state index in [1.807, 2.05) is 49.8 Å². The second kappa shape index (κ2) is 11.7. The van der Waals surface area contributed by atoms with Gasteiger partial charge in [-0.15, -0.1) is 23.7 Å². The summed E-state index contributed by atoms with van der Waals surface area (Å²) in [7, 11) is 4.06. The molecule has 0 aliphatic rings. The number of rotatable bonds is 9. The van der Waals surface area contributed by atoms with Crippen molar-refractivity contribution in [2.24, 2.45) is 0 Å². The molecule has 0 bridgehead atoms. The molecule has 0 aliphatic carbocycles. The van der Waals surface area contributed by atoms with Crippen molar-refractivity contribution in [1.29, 1.82) is 0 Å². The third-order valence-electron chi connectivity index (χ3n) is 4.46. The average molecular weight is 446 g/mol. The molecule has 0 aliphatic heterocycles. The van der Waals surface area contributed by atoms with E-state index in [1.165, 1.54) is 16.9 Å². The van der Waals surface area contributed by atoms with Gasteiger partial charge in [-0.25, -0.2) is 4.98 Å². The van der Waals surface area contributed by atoms with Crippen LogP contribution in [0.3, 0.4) is 0 Å². The molecule has 0 atom stereocenters. The second-order valence-corrected chi connectivity index (χ2v) is 8.02. The number of para-hydroxylation sites is 1. The summed E-state index contributed by atoms with van der Waals surface area (Å²) in [4.78, 5) is 21.5. The van der Waals surface area contributed by atoms with Crippen LogP contribution < -0.4 is 9.64 Å². The SMILES string of the molecule is Cc1ccc(-c2csc(N(CCCN(C)C)C(=O)COc3ccccc3)n2)cc1.Cl. The zero-order valence-electron chi connectivity index (χ0n) is 17.6. The average Bonchev–Trinajstić information content (AvgIpc) is 3.20. The van der Waals surface area contributed by atoms with Crippen molar-refractivity contribution >= 4 is 34.8 Å². The first-order valence-corrected chi connectivity index (χ1v) is 10.6. The zero-order chi connectivity index (χ0) is 20.6. The first-order chi connectivity index (χ1) is 14.0. The van der Waals surface area contributed by atoms with E-state index in [0.717, 1.165) is 24.2 Å². The fourth-order valence-electron chi connectivity index (χ4n) is 2.86. The molecule has 30 heavy (non-hydrogen) atoms. The molecule has 0 unspecified atom stereocenters. The van der Waals surface area contributed by atoms with Crippen LogP contribution in [0.4, 0.5) is 5.13 Å². The molecule has 3 rings (SSSR count). The van der Waals surface area contributed by atoms with E-state index in [0.29, 0.717) is 17.4 Å². The molecular weight excluding hydrogens is 418 g/mol. The number of hydrogen-bond acceptors (Lipinski definition) is 5. The minimum absolute atomic E-state index is 0. The number of halogens is 1. The smallest absolute Gasteiger partial charge is 0.266 e. The van der Waals surface area contributed by atoms with Gasteiger partial charge in [0.2, 0.25) is 0 Å². The second-order valence-electron chi connectivity index (χ2n) is 7.19. The van der Waals surface area contributed by atoms with Crippen molar-refractivity contribution in [3.63, 3.8) is 0 Å². The highest BCUT2D eigenvalue weighted by Gasteiger charge is 2.20. The Balaban J connectivity index is 0.00000320. The van der Waals surface area contributed by atoms with Gasteiger partial charge in [-0.05, 0) is 46.1 Å². The molecule has 160 valence electrons. The molecule has 0 radical (unpaired) electrons. The first kappa shape index (κ1) is 23.9. The monoisotopic (exact) mass is 445 g/mol. The summed E-state index contributed by atoms with van der Waals surface area (Å²) >= 11 is 1.49. The Kier molecular flexibility index (Phi) is 9.30. The van der Waals surface area contributed by atoms with Crippen molar-refractivity contribution in [3.8, 4) is 17.0 Å². The Bertz CT molecular complexity index is 914. The molecule has 0 spiro atoms. The van der Waals surface area contributed by atoms with Crippen molar-refractivity contribution < 1.29 is 9.53 Å². The van der Waals surface area contributed by atoms with Gasteiger partial charge in [-0.2, -0.15) is 0 Å². The number of benzene rings is 2. The van der Waals surface area contributed by atoms with Gasteiger partial charge in [0.15, 0.2) is 11.7 Å². The van der Waals surface area contributed by atoms with E-state index < -0.39 is 0 Å². The lowest BCUT2D eigenvalue weighted by molar-refractivity contribution is -0.120. The summed E-state index contributed by atoms with van der Waals surface area (Å²) in [6, 6.07) is 17.7. The van der Waals surface area contributed by atoms with Gasteiger partial charge in [0.1, 0.15) is 5.75 Å². The Morgan fingerprint density at radius 3 is 2.40 bits per heavy atom. The third-order valence-corrected chi connectivity index (χ3v) is 5.33. The molecule has 0 saturated carbocycles. The maximum atomic E-state index is 12.9. The molecule has 5 nitrogen and oxygen atoms in total. The molecule has 1 aromatic heterocycles. The van der Waals surface area contributed by atoms with Crippen LogP contribution in [0.2, 0.25) is 0 Å². The number of aryl methyl sites for hydroxylation is 1. The van der Waals surface area contributed by atoms with Gasteiger partial charge >= 0.3 is 0 Å². The summed E-state index contributed by atoms with van der Waals surface area (Å²) in [5, 5.41) is 2.71. The maximum absolute atomic E-state index is 12.9. The molecule has 3 aromatic rings. The van der Waals surface area contributed by atoms with Crippen LogP contribution in [0.1, 0.15) is 12.0 Å². The van der Waals surface area contributed by atoms with Crippen molar-refractivity contribution in [3.05, 3.63) is 65.5 Å². The first-order valence-electron chi connectivity index (χ1n) is 9.68. The predicted molar refractivity (Wildman–Crippen MR) is 127 cm³/mol. The van der Waals surface area contributed by atoms with Crippen LogP contribution in [0.5, 0.6) is 5.75 Å². The molecule has 7 heteroatoms. The topological polar surface area (TPSA) is 45.7 Å². The highest BCUT2D eigenvalue weighted by Crippen LogP contribution is 2.28. The zero-order valence-corrected chi connectivity index (χ0v) is 19.2. The van der Waals surface area contributed by atoms with Crippen molar-refractivity contribution in [2.75, 3.05) is 38.7 Å². The summed E-state index contributed by atoms with van der Waals surface area (Å²) in [6.07, 6.45) is 0.865. The highest BCUT2D eigenvalue weighted by atomic mass is 35.5. The van der Waals surface area contributed by atoms with Crippen molar-refractivity contribution in [2.45, 2.75) is 13.3 Å². The van der Waals surface area contributed by atoms with Gasteiger partial charge < -0.3 is 9.64 Å².